The Morgan fingerprint density at radius 2 is 2.19 bits per heavy atom. The molecule has 3 N–H and O–H groups in total. The second-order valence-corrected chi connectivity index (χ2v) is 5.13. The number of thiazole rings is 1. The molecule has 0 fully saturated rings. The lowest BCUT2D eigenvalue weighted by molar-refractivity contribution is -0.173. The molecule has 0 radical (unpaired) electrons. The van der Waals surface area contributed by atoms with Crippen molar-refractivity contribution in [2.75, 3.05) is 44.0 Å². The fourth-order valence-electron chi connectivity index (χ4n) is 1.29. The summed E-state index contributed by atoms with van der Waals surface area (Å²) < 4.78 is 39.9. The molecular weight excluding hydrogens is 309 g/mol. The van der Waals surface area contributed by atoms with Crippen LogP contribution in [0.2, 0.25) is 0 Å². The van der Waals surface area contributed by atoms with Crippen LogP contribution in [0.1, 0.15) is 16.6 Å². The number of aromatic nitrogens is 1. The van der Waals surface area contributed by atoms with Gasteiger partial charge >= 0.3 is 6.18 Å². The zero-order valence-electron chi connectivity index (χ0n) is 11.7. The van der Waals surface area contributed by atoms with Gasteiger partial charge in [-0.25, -0.2) is 4.98 Å². The van der Waals surface area contributed by atoms with Crippen molar-refractivity contribution < 1.29 is 22.7 Å². The monoisotopic (exact) mass is 326 g/mol. The Morgan fingerprint density at radius 1 is 1.52 bits per heavy atom. The summed E-state index contributed by atoms with van der Waals surface area (Å²) in [4.78, 5) is 18.0. The summed E-state index contributed by atoms with van der Waals surface area (Å²) >= 11 is 1.13. The first-order valence-electron chi connectivity index (χ1n) is 6.14. The van der Waals surface area contributed by atoms with Crippen LogP contribution in [0.4, 0.5) is 24.1 Å². The Balaban J connectivity index is 2.44. The molecule has 1 heterocycles. The first kappa shape index (κ1) is 17.5. The van der Waals surface area contributed by atoms with Gasteiger partial charge in [-0.3, -0.25) is 4.79 Å². The smallest absolute Gasteiger partial charge is 0.382 e. The molecule has 0 saturated carbocycles. The van der Waals surface area contributed by atoms with E-state index in [4.69, 9.17) is 5.73 Å². The average Bonchev–Trinajstić information content (AvgIpc) is 2.78. The van der Waals surface area contributed by atoms with Crippen LogP contribution in [0.25, 0.3) is 0 Å². The predicted octanol–water partition coefficient (Wildman–Crippen LogP) is 1.49. The van der Waals surface area contributed by atoms with E-state index in [0.717, 1.165) is 11.3 Å². The lowest BCUT2D eigenvalue weighted by Gasteiger charge is -2.11. The van der Waals surface area contributed by atoms with E-state index in [0.29, 0.717) is 11.7 Å². The van der Waals surface area contributed by atoms with Crippen LogP contribution < -0.4 is 16.0 Å². The van der Waals surface area contributed by atoms with Crippen molar-refractivity contribution in [2.24, 2.45) is 0 Å². The van der Waals surface area contributed by atoms with E-state index in [1.807, 2.05) is 18.9 Å². The molecule has 0 unspecified atom stereocenters. The first-order valence-corrected chi connectivity index (χ1v) is 6.96. The number of nitrogen functional groups attached to an aromatic ring is 1. The van der Waals surface area contributed by atoms with Crippen LogP contribution in [0.3, 0.4) is 0 Å². The lowest BCUT2D eigenvalue weighted by atomic mass is 10.4. The molecule has 0 aliphatic rings. The number of nitrogens with one attached hydrogen (secondary N) is 1. The summed E-state index contributed by atoms with van der Waals surface area (Å²) in [5.41, 5.74) is 5.65. The number of rotatable bonds is 7. The SMILES string of the molecule is CCN(C)c1nc(N)c(C(=O)NCCOCC(F)(F)F)s1. The van der Waals surface area contributed by atoms with Crippen LogP contribution in [0.15, 0.2) is 0 Å². The summed E-state index contributed by atoms with van der Waals surface area (Å²) in [7, 11) is 1.81. The number of anilines is 2. The van der Waals surface area contributed by atoms with Gasteiger partial charge in [-0.15, -0.1) is 0 Å². The van der Waals surface area contributed by atoms with Gasteiger partial charge in [0.15, 0.2) is 5.13 Å². The third-order valence-corrected chi connectivity index (χ3v) is 3.63. The van der Waals surface area contributed by atoms with Gasteiger partial charge in [-0.2, -0.15) is 13.2 Å². The van der Waals surface area contributed by atoms with Crippen molar-refractivity contribution in [3.8, 4) is 0 Å². The Kier molecular flexibility index (Phi) is 6.21. The third-order valence-electron chi connectivity index (χ3n) is 2.45. The van der Waals surface area contributed by atoms with E-state index in [-0.39, 0.29) is 23.8 Å². The molecule has 1 aromatic rings. The van der Waals surface area contributed by atoms with E-state index in [1.54, 1.807) is 0 Å². The zero-order chi connectivity index (χ0) is 16.0. The van der Waals surface area contributed by atoms with Crippen LogP contribution in [0, 0.1) is 0 Å². The Morgan fingerprint density at radius 3 is 2.76 bits per heavy atom. The van der Waals surface area contributed by atoms with Crippen molar-refractivity contribution in [3.05, 3.63) is 4.88 Å². The molecule has 6 nitrogen and oxygen atoms in total. The van der Waals surface area contributed by atoms with Gasteiger partial charge in [0.05, 0.1) is 6.61 Å². The predicted molar refractivity (Wildman–Crippen MR) is 74.7 cm³/mol. The standard InChI is InChI=1S/C11H17F3N4O2S/c1-3-18(2)10-17-8(15)7(21-10)9(19)16-4-5-20-6-11(12,13)14/h3-6,15H2,1-2H3,(H,16,19). The van der Waals surface area contributed by atoms with Gasteiger partial charge in [-0.1, -0.05) is 11.3 Å². The second kappa shape index (κ2) is 7.46. The number of nitrogens with two attached hydrogens (primary N) is 1. The summed E-state index contributed by atoms with van der Waals surface area (Å²) in [6.45, 7) is 1.03. The largest absolute Gasteiger partial charge is 0.411 e. The van der Waals surface area contributed by atoms with Gasteiger partial charge in [0.25, 0.3) is 5.91 Å². The quantitative estimate of drug-likeness (QED) is 0.742. The van der Waals surface area contributed by atoms with Crippen LogP contribution in [0.5, 0.6) is 0 Å². The number of halogens is 3. The van der Waals surface area contributed by atoms with Crippen LogP contribution >= 0.6 is 11.3 Å². The zero-order valence-corrected chi connectivity index (χ0v) is 12.5. The van der Waals surface area contributed by atoms with Gasteiger partial charge in [0.2, 0.25) is 0 Å². The van der Waals surface area contributed by atoms with E-state index < -0.39 is 18.7 Å². The van der Waals surface area contributed by atoms with Crippen molar-refractivity contribution in [1.29, 1.82) is 0 Å². The van der Waals surface area contributed by atoms with Crippen LogP contribution in [-0.2, 0) is 4.74 Å². The second-order valence-electron chi connectivity index (χ2n) is 4.15. The highest BCUT2D eigenvalue weighted by Crippen LogP contribution is 2.27. The number of carbonyl (C=O) groups is 1. The molecule has 1 amide bonds. The lowest BCUT2D eigenvalue weighted by Crippen LogP contribution is -2.28. The molecule has 21 heavy (non-hydrogen) atoms. The summed E-state index contributed by atoms with van der Waals surface area (Å²) in [6, 6.07) is 0. The first-order chi connectivity index (χ1) is 9.74. The van der Waals surface area contributed by atoms with Crippen LogP contribution in [-0.4, -0.2) is 50.4 Å². The highest BCUT2D eigenvalue weighted by molar-refractivity contribution is 7.18. The molecule has 0 atom stereocenters. The van der Waals surface area contributed by atoms with Gasteiger partial charge < -0.3 is 20.7 Å². The van der Waals surface area contributed by atoms with Crippen molar-refractivity contribution in [1.82, 2.24) is 10.3 Å². The van der Waals surface area contributed by atoms with E-state index in [1.165, 1.54) is 0 Å². The molecule has 10 heteroatoms. The Labute approximate surface area is 124 Å². The minimum atomic E-state index is -4.37. The number of hydrogen-bond donors (Lipinski definition) is 2. The van der Waals surface area contributed by atoms with E-state index >= 15 is 0 Å². The maximum atomic E-state index is 11.8. The third kappa shape index (κ3) is 5.76. The molecule has 0 aliphatic carbocycles. The molecule has 0 aromatic carbocycles. The average molecular weight is 326 g/mol. The summed E-state index contributed by atoms with van der Waals surface area (Å²) in [5.74, 6) is -0.375. The Bertz CT molecular complexity index is 479. The van der Waals surface area contributed by atoms with Gasteiger partial charge in [0, 0.05) is 20.1 Å². The van der Waals surface area contributed by atoms with Gasteiger partial charge in [0.1, 0.15) is 17.3 Å². The van der Waals surface area contributed by atoms with Crippen molar-refractivity contribution >= 4 is 28.2 Å². The minimum absolute atomic E-state index is 0.0365. The number of hydrogen-bond acceptors (Lipinski definition) is 6. The maximum Gasteiger partial charge on any atom is 0.411 e. The topological polar surface area (TPSA) is 80.5 Å². The normalized spacial score (nSPS) is 11.5. The Hall–Kier alpha value is -1.55. The number of alkyl halides is 3. The van der Waals surface area contributed by atoms with Crippen molar-refractivity contribution in [3.63, 3.8) is 0 Å². The molecule has 0 saturated heterocycles. The molecular formula is C11H17F3N4O2S. The highest BCUT2D eigenvalue weighted by Gasteiger charge is 2.27. The molecule has 1 aromatic heterocycles. The molecule has 0 aliphatic heterocycles. The van der Waals surface area contributed by atoms with Gasteiger partial charge in [-0.05, 0) is 6.92 Å². The fraction of sp³-hybridized carbons (Fsp3) is 0.636. The van der Waals surface area contributed by atoms with E-state index in [9.17, 15) is 18.0 Å². The molecule has 0 bridgehead atoms. The number of ether oxygens (including phenoxy) is 1. The number of carbonyl (C=O) groups excluding carboxylic acids is 1. The van der Waals surface area contributed by atoms with Crippen molar-refractivity contribution in [2.45, 2.75) is 13.1 Å². The van der Waals surface area contributed by atoms with E-state index in [2.05, 4.69) is 15.0 Å². The summed E-state index contributed by atoms with van der Waals surface area (Å²) in [5, 5.41) is 3.04. The fourth-order valence-corrected chi connectivity index (χ4v) is 2.21. The molecule has 120 valence electrons. The highest BCUT2D eigenvalue weighted by atomic mass is 32.1. The maximum absolute atomic E-state index is 11.8. The summed E-state index contributed by atoms with van der Waals surface area (Å²) in [6.07, 6.45) is -4.37. The molecule has 0 spiro atoms. The molecule has 1 rings (SSSR count). The minimum Gasteiger partial charge on any atom is -0.382 e. The number of amides is 1. The number of nitrogens with zero attached hydrogens (tertiary/aromatic N) is 2.